The third-order valence-electron chi connectivity index (χ3n) is 1.60. The van der Waals surface area contributed by atoms with Crippen molar-refractivity contribution in [2.45, 2.75) is 4.90 Å². The van der Waals surface area contributed by atoms with E-state index in [4.69, 9.17) is 9.29 Å². The Morgan fingerprint density at radius 3 is 2.50 bits per heavy atom. The maximum absolute atomic E-state index is 10.8. The molecule has 0 saturated carbocycles. The molecular formula is C8H8O5S. The van der Waals surface area contributed by atoms with Gasteiger partial charge in [-0.05, 0) is 18.2 Å². The second-order valence-electron chi connectivity index (χ2n) is 2.50. The number of rotatable bonds is 3. The van der Waals surface area contributed by atoms with E-state index in [0.29, 0.717) is 6.29 Å². The van der Waals surface area contributed by atoms with Crippen LogP contribution in [0.4, 0.5) is 0 Å². The predicted molar refractivity (Wildman–Crippen MR) is 48.2 cm³/mol. The molecule has 0 radical (unpaired) electrons. The molecular weight excluding hydrogens is 208 g/mol. The quantitative estimate of drug-likeness (QED) is 0.595. The Balaban J connectivity index is 3.44. The molecule has 0 bridgehead atoms. The molecule has 0 aliphatic carbocycles. The molecule has 76 valence electrons. The van der Waals surface area contributed by atoms with Crippen LogP contribution in [0.1, 0.15) is 10.4 Å². The summed E-state index contributed by atoms with van der Waals surface area (Å²) in [4.78, 5) is 9.96. The van der Waals surface area contributed by atoms with Gasteiger partial charge in [-0.3, -0.25) is 9.35 Å². The van der Waals surface area contributed by atoms with E-state index < -0.39 is 15.0 Å². The Morgan fingerprint density at radius 2 is 2.07 bits per heavy atom. The highest BCUT2D eigenvalue weighted by molar-refractivity contribution is 7.86. The molecule has 0 heterocycles. The van der Waals surface area contributed by atoms with Crippen LogP contribution in [-0.2, 0) is 10.1 Å². The van der Waals surface area contributed by atoms with Crippen molar-refractivity contribution in [3.8, 4) is 5.75 Å². The number of aldehydes is 1. The van der Waals surface area contributed by atoms with Crippen molar-refractivity contribution in [2.75, 3.05) is 7.11 Å². The third-order valence-corrected chi connectivity index (χ3v) is 2.48. The maximum atomic E-state index is 10.8. The summed E-state index contributed by atoms with van der Waals surface area (Å²) in [5, 5.41) is 0. The molecule has 0 atom stereocenters. The van der Waals surface area contributed by atoms with Gasteiger partial charge >= 0.3 is 0 Å². The Labute approximate surface area is 81.1 Å². The second kappa shape index (κ2) is 3.77. The van der Waals surface area contributed by atoms with Crippen LogP contribution in [0.5, 0.6) is 5.75 Å². The molecule has 1 aromatic rings. The fourth-order valence-corrected chi connectivity index (χ4v) is 1.66. The summed E-state index contributed by atoms with van der Waals surface area (Å²) >= 11 is 0. The third kappa shape index (κ3) is 2.09. The second-order valence-corrected chi connectivity index (χ2v) is 3.89. The number of carbonyl (C=O) groups is 1. The van der Waals surface area contributed by atoms with Crippen molar-refractivity contribution in [3.63, 3.8) is 0 Å². The van der Waals surface area contributed by atoms with Crippen molar-refractivity contribution >= 4 is 16.4 Å². The van der Waals surface area contributed by atoms with E-state index in [1.54, 1.807) is 0 Å². The summed E-state index contributed by atoms with van der Waals surface area (Å²) in [6.07, 6.45) is 0.480. The Kier molecular flexibility index (Phi) is 2.87. The van der Waals surface area contributed by atoms with E-state index in [2.05, 4.69) is 0 Å². The van der Waals surface area contributed by atoms with Gasteiger partial charge in [0.25, 0.3) is 10.1 Å². The van der Waals surface area contributed by atoms with Crippen LogP contribution in [0.25, 0.3) is 0 Å². The van der Waals surface area contributed by atoms with Gasteiger partial charge in [0, 0.05) is 5.56 Å². The smallest absolute Gasteiger partial charge is 0.298 e. The number of benzene rings is 1. The van der Waals surface area contributed by atoms with Gasteiger partial charge in [-0.1, -0.05) is 0 Å². The Hall–Kier alpha value is -1.40. The minimum Gasteiger partial charge on any atom is -0.495 e. The number of methoxy groups -OCH3 is 1. The zero-order chi connectivity index (χ0) is 10.8. The predicted octanol–water partition coefficient (Wildman–Crippen LogP) is 0.754. The molecule has 0 aromatic heterocycles. The topological polar surface area (TPSA) is 80.7 Å². The van der Waals surface area contributed by atoms with Gasteiger partial charge in [0.2, 0.25) is 0 Å². The number of hydrogen-bond donors (Lipinski definition) is 1. The van der Waals surface area contributed by atoms with Gasteiger partial charge in [-0.25, -0.2) is 0 Å². The SMILES string of the molecule is COc1ccc(C=O)cc1S(=O)(=O)O. The molecule has 0 aliphatic rings. The summed E-state index contributed by atoms with van der Waals surface area (Å²) in [7, 11) is -3.09. The monoisotopic (exact) mass is 216 g/mol. The summed E-state index contributed by atoms with van der Waals surface area (Å²) in [5.41, 5.74) is 0.151. The molecule has 1 rings (SSSR count). The zero-order valence-corrected chi connectivity index (χ0v) is 8.11. The van der Waals surface area contributed by atoms with E-state index in [1.165, 1.54) is 19.2 Å². The average Bonchev–Trinajstić information content (AvgIpc) is 2.15. The summed E-state index contributed by atoms with van der Waals surface area (Å²) in [5.74, 6) is -0.00176. The van der Waals surface area contributed by atoms with Crippen LogP contribution in [0.2, 0.25) is 0 Å². The first-order valence-electron chi connectivity index (χ1n) is 3.59. The molecule has 5 nitrogen and oxygen atoms in total. The first-order chi connectivity index (χ1) is 6.49. The van der Waals surface area contributed by atoms with Crippen LogP contribution >= 0.6 is 0 Å². The normalized spacial score (nSPS) is 11.0. The van der Waals surface area contributed by atoms with Crippen LogP contribution in [0.3, 0.4) is 0 Å². The lowest BCUT2D eigenvalue weighted by molar-refractivity contribution is 0.112. The van der Waals surface area contributed by atoms with Crippen LogP contribution in [0.15, 0.2) is 23.1 Å². The van der Waals surface area contributed by atoms with Crippen molar-refractivity contribution in [1.29, 1.82) is 0 Å². The zero-order valence-electron chi connectivity index (χ0n) is 7.30. The molecule has 1 aromatic carbocycles. The average molecular weight is 216 g/mol. The number of ether oxygens (including phenoxy) is 1. The molecule has 0 spiro atoms. The van der Waals surface area contributed by atoms with E-state index in [9.17, 15) is 13.2 Å². The highest BCUT2D eigenvalue weighted by atomic mass is 32.2. The molecule has 1 N–H and O–H groups in total. The Bertz CT molecular complexity index is 449. The summed E-state index contributed by atoms with van der Waals surface area (Å²) < 4.78 is 35.2. The van der Waals surface area contributed by atoms with Gasteiger partial charge < -0.3 is 4.74 Å². The molecule has 6 heteroatoms. The lowest BCUT2D eigenvalue weighted by Gasteiger charge is -2.05. The molecule has 0 saturated heterocycles. The highest BCUT2D eigenvalue weighted by Gasteiger charge is 2.16. The molecule has 0 unspecified atom stereocenters. The van der Waals surface area contributed by atoms with Gasteiger partial charge in [-0.2, -0.15) is 8.42 Å². The van der Waals surface area contributed by atoms with Gasteiger partial charge in [0.1, 0.15) is 16.9 Å². The van der Waals surface area contributed by atoms with E-state index in [-0.39, 0.29) is 11.3 Å². The van der Waals surface area contributed by atoms with Crippen molar-refractivity contribution in [2.24, 2.45) is 0 Å². The molecule has 0 aliphatic heterocycles. The van der Waals surface area contributed by atoms with Gasteiger partial charge in [-0.15, -0.1) is 0 Å². The largest absolute Gasteiger partial charge is 0.495 e. The first kappa shape index (κ1) is 10.7. The first-order valence-corrected chi connectivity index (χ1v) is 5.03. The minimum atomic E-state index is -4.36. The standard InChI is InChI=1S/C8H8O5S/c1-13-7-3-2-6(5-9)4-8(7)14(10,11)12/h2-5H,1H3,(H,10,11,12). The van der Waals surface area contributed by atoms with Crippen molar-refractivity contribution in [1.82, 2.24) is 0 Å². The van der Waals surface area contributed by atoms with E-state index in [1.807, 2.05) is 0 Å². The minimum absolute atomic E-state index is 0.00176. The fraction of sp³-hybridized carbons (Fsp3) is 0.125. The van der Waals surface area contributed by atoms with Gasteiger partial charge in [0.15, 0.2) is 0 Å². The van der Waals surface area contributed by atoms with Crippen molar-refractivity contribution in [3.05, 3.63) is 23.8 Å². The summed E-state index contributed by atoms with van der Waals surface area (Å²) in [6.45, 7) is 0. The maximum Gasteiger partial charge on any atom is 0.298 e. The van der Waals surface area contributed by atoms with Crippen LogP contribution < -0.4 is 4.74 Å². The number of carbonyl (C=O) groups excluding carboxylic acids is 1. The summed E-state index contributed by atoms with van der Waals surface area (Å²) in [6, 6.07) is 3.73. The van der Waals surface area contributed by atoms with E-state index in [0.717, 1.165) is 6.07 Å². The number of hydrogen-bond acceptors (Lipinski definition) is 4. The van der Waals surface area contributed by atoms with Crippen LogP contribution in [-0.4, -0.2) is 26.4 Å². The van der Waals surface area contributed by atoms with Crippen molar-refractivity contribution < 1.29 is 22.5 Å². The van der Waals surface area contributed by atoms with E-state index >= 15 is 0 Å². The fourth-order valence-electron chi connectivity index (χ4n) is 0.968. The lowest BCUT2D eigenvalue weighted by Crippen LogP contribution is -2.02. The van der Waals surface area contributed by atoms with Crippen LogP contribution in [0, 0.1) is 0 Å². The molecule has 0 fully saturated rings. The Morgan fingerprint density at radius 1 is 1.43 bits per heavy atom. The molecule has 0 amide bonds. The lowest BCUT2D eigenvalue weighted by atomic mass is 10.2. The van der Waals surface area contributed by atoms with Gasteiger partial charge in [0.05, 0.1) is 7.11 Å². The highest BCUT2D eigenvalue weighted by Crippen LogP contribution is 2.23. The molecule has 14 heavy (non-hydrogen) atoms.